The van der Waals surface area contributed by atoms with Crippen molar-refractivity contribution in [1.29, 1.82) is 0 Å². The quantitative estimate of drug-likeness (QED) is 0.649. The van der Waals surface area contributed by atoms with E-state index in [1.807, 2.05) is 13.8 Å². The Morgan fingerprint density at radius 1 is 1.43 bits per heavy atom. The number of halogens is 1. The van der Waals surface area contributed by atoms with Gasteiger partial charge in [0.15, 0.2) is 11.6 Å². The summed E-state index contributed by atoms with van der Waals surface area (Å²) < 4.78 is 13.1. The van der Waals surface area contributed by atoms with Crippen LogP contribution in [0.15, 0.2) is 18.2 Å². The van der Waals surface area contributed by atoms with E-state index in [-0.39, 0.29) is 19.0 Å². The molecule has 0 bridgehead atoms. The van der Waals surface area contributed by atoms with E-state index in [1.54, 1.807) is 6.92 Å². The average molecular weight is 298 g/mol. The highest BCUT2D eigenvalue weighted by molar-refractivity contribution is 5.73. The zero-order valence-electron chi connectivity index (χ0n) is 12.6. The van der Waals surface area contributed by atoms with Gasteiger partial charge in [-0.1, -0.05) is 26.3 Å². The first-order valence-electron chi connectivity index (χ1n) is 6.97. The topological polar surface area (TPSA) is 81.6 Å². The smallest absolute Gasteiger partial charge is 0.315 e. The summed E-state index contributed by atoms with van der Waals surface area (Å²) in [5, 5.41) is 24.4. The molecule has 2 amide bonds. The third-order valence-electron chi connectivity index (χ3n) is 3.75. The maximum absolute atomic E-state index is 13.1. The van der Waals surface area contributed by atoms with Gasteiger partial charge in [0.1, 0.15) is 0 Å². The minimum Gasteiger partial charge on any atom is -0.505 e. The average Bonchev–Trinajstić information content (AvgIpc) is 2.45. The van der Waals surface area contributed by atoms with Crippen LogP contribution in [0.4, 0.5) is 9.18 Å². The molecule has 0 aliphatic carbocycles. The maximum atomic E-state index is 13.1. The molecule has 0 radical (unpaired) electrons. The molecule has 6 heteroatoms. The molecule has 0 spiro atoms. The van der Waals surface area contributed by atoms with E-state index in [0.717, 1.165) is 12.5 Å². The lowest BCUT2D eigenvalue weighted by Crippen LogP contribution is -2.47. The van der Waals surface area contributed by atoms with Gasteiger partial charge in [0.05, 0.1) is 5.60 Å². The predicted molar refractivity (Wildman–Crippen MR) is 78.4 cm³/mol. The lowest BCUT2D eigenvalue weighted by molar-refractivity contribution is 0.00790. The molecule has 4 N–H and O–H groups in total. The monoisotopic (exact) mass is 298 g/mol. The van der Waals surface area contributed by atoms with Gasteiger partial charge >= 0.3 is 6.03 Å². The van der Waals surface area contributed by atoms with Crippen LogP contribution in [0.3, 0.4) is 0 Å². The van der Waals surface area contributed by atoms with Crippen LogP contribution >= 0.6 is 0 Å². The number of carbonyl (C=O) groups is 1. The Morgan fingerprint density at radius 3 is 2.67 bits per heavy atom. The van der Waals surface area contributed by atoms with Crippen LogP contribution < -0.4 is 10.6 Å². The zero-order valence-corrected chi connectivity index (χ0v) is 12.6. The Bertz CT molecular complexity index is 492. The number of phenolic OH excluding ortho intramolecular Hbond substituents is 1. The summed E-state index contributed by atoms with van der Waals surface area (Å²) in [5.74, 6) is -1.09. The molecule has 0 aromatic heterocycles. The lowest BCUT2D eigenvalue weighted by atomic mass is 9.89. The number of urea groups is 1. The number of hydrogen-bond acceptors (Lipinski definition) is 3. The molecular formula is C15H23FN2O3. The first kappa shape index (κ1) is 17.2. The maximum Gasteiger partial charge on any atom is 0.315 e. The minimum absolute atomic E-state index is 0.0593. The van der Waals surface area contributed by atoms with Gasteiger partial charge in [-0.25, -0.2) is 9.18 Å². The predicted octanol–water partition coefficient (Wildman–Crippen LogP) is 2.13. The van der Waals surface area contributed by atoms with Gasteiger partial charge in [0, 0.05) is 13.1 Å². The molecule has 118 valence electrons. The van der Waals surface area contributed by atoms with Crippen molar-refractivity contribution in [2.24, 2.45) is 5.92 Å². The standard InChI is InChI=1S/C15H23FN2O3/c1-4-10(2)15(3,21)9-18-14(20)17-8-11-5-6-13(19)12(16)7-11/h5-7,10,19,21H,4,8-9H2,1-3H3,(H2,17,18,20). The molecule has 1 aromatic carbocycles. The van der Waals surface area contributed by atoms with Crippen molar-refractivity contribution in [1.82, 2.24) is 10.6 Å². The minimum atomic E-state index is -0.975. The Labute approximate surface area is 124 Å². The Hall–Kier alpha value is -1.82. The number of rotatable bonds is 6. The molecular weight excluding hydrogens is 275 g/mol. The number of aromatic hydroxyl groups is 1. The number of benzene rings is 1. The van der Waals surface area contributed by atoms with Crippen molar-refractivity contribution in [2.75, 3.05) is 6.54 Å². The molecule has 21 heavy (non-hydrogen) atoms. The second-order valence-corrected chi connectivity index (χ2v) is 5.49. The van der Waals surface area contributed by atoms with Gasteiger partial charge in [0.2, 0.25) is 0 Å². The number of hydrogen-bond donors (Lipinski definition) is 4. The van der Waals surface area contributed by atoms with Crippen LogP contribution in [0.25, 0.3) is 0 Å². The zero-order chi connectivity index (χ0) is 16.0. The van der Waals surface area contributed by atoms with Crippen LogP contribution in [0.1, 0.15) is 32.8 Å². The highest BCUT2D eigenvalue weighted by atomic mass is 19.1. The summed E-state index contributed by atoms with van der Waals surface area (Å²) in [6, 6.07) is 3.48. The normalized spacial score (nSPS) is 15.1. The fraction of sp³-hybridized carbons (Fsp3) is 0.533. The van der Waals surface area contributed by atoms with E-state index in [4.69, 9.17) is 5.11 Å². The van der Waals surface area contributed by atoms with E-state index in [0.29, 0.717) is 5.56 Å². The van der Waals surface area contributed by atoms with Gasteiger partial charge in [-0.05, 0) is 30.5 Å². The fourth-order valence-corrected chi connectivity index (χ4v) is 1.78. The Balaban J connectivity index is 2.42. The molecule has 2 atom stereocenters. The molecule has 1 aromatic rings. The highest BCUT2D eigenvalue weighted by Crippen LogP contribution is 2.19. The van der Waals surface area contributed by atoms with E-state index in [1.165, 1.54) is 12.1 Å². The number of amides is 2. The molecule has 0 saturated carbocycles. The summed E-state index contributed by atoms with van der Waals surface area (Å²) in [5.41, 5.74) is -0.439. The van der Waals surface area contributed by atoms with E-state index >= 15 is 0 Å². The fourth-order valence-electron chi connectivity index (χ4n) is 1.78. The van der Waals surface area contributed by atoms with Gasteiger partial charge in [-0.3, -0.25) is 0 Å². The molecule has 0 saturated heterocycles. The number of carbonyl (C=O) groups excluding carboxylic acids is 1. The van der Waals surface area contributed by atoms with Crippen LogP contribution in [0.2, 0.25) is 0 Å². The highest BCUT2D eigenvalue weighted by Gasteiger charge is 2.27. The van der Waals surface area contributed by atoms with Crippen molar-refractivity contribution < 1.29 is 19.4 Å². The van der Waals surface area contributed by atoms with Gasteiger partial charge in [-0.15, -0.1) is 0 Å². The van der Waals surface area contributed by atoms with Crippen molar-refractivity contribution >= 4 is 6.03 Å². The Kier molecular flexibility index (Phi) is 5.96. The van der Waals surface area contributed by atoms with Gasteiger partial charge < -0.3 is 20.8 Å². The second kappa shape index (κ2) is 7.26. The Morgan fingerprint density at radius 2 is 2.10 bits per heavy atom. The van der Waals surface area contributed by atoms with Crippen LogP contribution in [-0.4, -0.2) is 28.4 Å². The lowest BCUT2D eigenvalue weighted by Gasteiger charge is -2.29. The van der Waals surface area contributed by atoms with Gasteiger partial charge in [-0.2, -0.15) is 0 Å². The molecule has 0 fully saturated rings. The summed E-state index contributed by atoms with van der Waals surface area (Å²) in [7, 11) is 0. The second-order valence-electron chi connectivity index (χ2n) is 5.49. The molecule has 2 unspecified atom stereocenters. The number of aliphatic hydroxyl groups is 1. The summed E-state index contributed by atoms with van der Waals surface area (Å²) in [6.45, 7) is 5.83. The summed E-state index contributed by atoms with van der Waals surface area (Å²) >= 11 is 0. The van der Waals surface area contributed by atoms with Gasteiger partial charge in [0.25, 0.3) is 0 Å². The van der Waals surface area contributed by atoms with Crippen molar-refractivity contribution in [3.63, 3.8) is 0 Å². The van der Waals surface area contributed by atoms with Crippen molar-refractivity contribution in [2.45, 2.75) is 39.3 Å². The largest absolute Gasteiger partial charge is 0.505 e. The molecule has 1 rings (SSSR count). The number of phenols is 1. The van der Waals surface area contributed by atoms with E-state index < -0.39 is 23.2 Å². The first-order valence-corrected chi connectivity index (χ1v) is 6.97. The summed E-state index contributed by atoms with van der Waals surface area (Å²) in [6.07, 6.45) is 0.809. The molecule has 0 aliphatic rings. The van der Waals surface area contributed by atoms with Crippen LogP contribution in [0.5, 0.6) is 5.75 Å². The van der Waals surface area contributed by atoms with Crippen molar-refractivity contribution in [3.05, 3.63) is 29.6 Å². The van der Waals surface area contributed by atoms with E-state index in [9.17, 15) is 14.3 Å². The summed E-state index contributed by atoms with van der Waals surface area (Å²) in [4.78, 5) is 11.6. The third kappa shape index (κ3) is 5.23. The molecule has 0 aliphatic heterocycles. The number of nitrogens with one attached hydrogen (secondary N) is 2. The van der Waals surface area contributed by atoms with E-state index in [2.05, 4.69) is 10.6 Å². The van der Waals surface area contributed by atoms with Crippen LogP contribution in [-0.2, 0) is 6.54 Å². The SMILES string of the molecule is CCC(C)C(C)(O)CNC(=O)NCc1ccc(O)c(F)c1. The van der Waals surface area contributed by atoms with Crippen molar-refractivity contribution in [3.8, 4) is 5.75 Å². The van der Waals surface area contributed by atoms with Crippen LogP contribution in [0, 0.1) is 11.7 Å². The molecule has 0 heterocycles. The first-order chi connectivity index (χ1) is 9.76. The molecule has 5 nitrogen and oxygen atoms in total. The third-order valence-corrected chi connectivity index (χ3v) is 3.75.